The van der Waals surface area contributed by atoms with Gasteiger partial charge in [0.05, 0.1) is 0 Å². The molecule has 0 amide bonds. The van der Waals surface area contributed by atoms with Crippen LogP contribution in [0, 0.1) is 0 Å². The molecule has 0 saturated carbocycles. The van der Waals surface area contributed by atoms with Gasteiger partial charge in [0.2, 0.25) is 0 Å². The molecule has 7 nitrogen and oxygen atoms in total. The molecule has 0 spiro atoms. The largest absolute Gasteiger partial charge is 0.489 e. The zero-order chi connectivity index (χ0) is 28.2. The van der Waals surface area contributed by atoms with Crippen LogP contribution in [0.1, 0.15) is 22.3 Å². The number of carboxylic acids is 1. The molecule has 0 fully saturated rings. The van der Waals surface area contributed by atoms with Crippen molar-refractivity contribution in [2.45, 2.75) is 32.1 Å². The highest BCUT2D eigenvalue weighted by molar-refractivity contribution is 5.85. The molecule has 0 radical (unpaired) electrons. The van der Waals surface area contributed by atoms with Crippen molar-refractivity contribution in [3.8, 4) is 11.5 Å². The number of nitrogens with two attached hydrogens (primary N) is 2. The Hall–Kier alpha value is -4.30. The molecule has 1 heterocycles. The topological polar surface area (TPSA) is 124 Å². The summed E-state index contributed by atoms with van der Waals surface area (Å²) in [5.74, 6) is 0.635. The van der Waals surface area contributed by atoms with E-state index in [-0.39, 0.29) is 12.4 Å². The van der Waals surface area contributed by atoms with Crippen molar-refractivity contribution in [2.75, 3.05) is 6.54 Å². The Bertz CT molecular complexity index is 1430. The normalized spacial score (nSPS) is 11.1. The zero-order valence-electron chi connectivity index (χ0n) is 22.7. The molecule has 1 atom stereocenters. The monoisotopic (exact) mass is 573 g/mol. The summed E-state index contributed by atoms with van der Waals surface area (Å²) in [4.78, 5) is 13.7. The lowest BCUT2D eigenvalue weighted by Crippen LogP contribution is -2.32. The standard InChI is InChI=1S/C22H23NO2.C11H12N2O2.ClH/c23-12-11-20-13-21(24-16-18-7-3-1-4-8-18)15-22(14-20)25-17-19-9-5-2-6-10-19;12-9(11(14)15)5-7-6-13-10-4-2-1-3-8(7)10;/h1-10,13-15H,11-12,16-17,23H2;1-4,6,9,13H,5,12H2,(H,14,15);1H/t;9-;/m.0./s1. The smallest absolute Gasteiger partial charge is 0.320 e. The average molecular weight is 574 g/mol. The van der Waals surface area contributed by atoms with Crippen molar-refractivity contribution in [2.24, 2.45) is 11.5 Å². The predicted octanol–water partition coefficient (Wildman–Crippen LogP) is 5.89. The molecule has 0 aliphatic rings. The lowest BCUT2D eigenvalue weighted by atomic mass is 10.1. The van der Waals surface area contributed by atoms with Gasteiger partial charge < -0.3 is 31.0 Å². The van der Waals surface area contributed by atoms with Crippen LogP contribution in [0.15, 0.2) is 109 Å². The third-order valence-corrected chi connectivity index (χ3v) is 6.30. The zero-order valence-corrected chi connectivity index (χ0v) is 23.6. The number of fused-ring (bicyclic) bond motifs is 1. The maximum atomic E-state index is 10.6. The van der Waals surface area contributed by atoms with E-state index in [2.05, 4.69) is 29.2 Å². The van der Waals surface area contributed by atoms with E-state index in [9.17, 15) is 4.79 Å². The number of aliphatic carboxylic acids is 1. The first-order valence-corrected chi connectivity index (χ1v) is 13.2. The molecule has 8 heteroatoms. The number of H-pyrrole nitrogens is 1. The maximum absolute atomic E-state index is 10.6. The summed E-state index contributed by atoms with van der Waals surface area (Å²) in [6, 6.07) is 33.2. The molecule has 0 bridgehead atoms. The van der Waals surface area contributed by atoms with E-state index in [1.54, 1.807) is 0 Å². The molecule has 1 aromatic heterocycles. The Balaban J connectivity index is 0.000000248. The van der Waals surface area contributed by atoms with Gasteiger partial charge in [0.15, 0.2) is 0 Å². The van der Waals surface area contributed by atoms with Crippen molar-refractivity contribution in [1.29, 1.82) is 0 Å². The maximum Gasteiger partial charge on any atom is 0.320 e. The fourth-order valence-corrected chi connectivity index (χ4v) is 4.21. The number of nitrogens with one attached hydrogen (secondary N) is 1. The third kappa shape index (κ3) is 9.69. The quantitative estimate of drug-likeness (QED) is 0.156. The molecule has 41 heavy (non-hydrogen) atoms. The fraction of sp³-hybridized carbons (Fsp3) is 0.182. The fourth-order valence-electron chi connectivity index (χ4n) is 4.21. The van der Waals surface area contributed by atoms with Crippen LogP contribution in [0.4, 0.5) is 0 Å². The van der Waals surface area contributed by atoms with E-state index >= 15 is 0 Å². The Kier molecular flexibility index (Phi) is 12.3. The van der Waals surface area contributed by atoms with Gasteiger partial charge in [-0.15, -0.1) is 12.4 Å². The van der Waals surface area contributed by atoms with Gasteiger partial charge >= 0.3 is 5.97 Å². The molecule has 6 N–H and O–H groups in total. The van der Waals surface area contributed by atoms with Gasteiger partial charge in [-0.05, 0) is 53.4 Å². The van der Waals surface area contributed by atoms with Crippen molar-refractivity contribution < 1.29 is 19.4 Å². The van der Waals surface area contributed by atoms with Crippen molar-refractivity contribution in [3.05, 3.63) is 132 Å². The van der Waals surface area contributed by atoms with E-state index in [0.717, 1.165) is 51.1 Å². The Morgan fingerprint density at radius 3 is 1.85 bits per heavy atom. The minimum atomic E-state index is -0.972. The molecule has 0 aliphatic carbocycles. The molecule has 0 aliphatic heterocycles. The molecule has 0 unspecified atom stereocenters. The number of hydrogen-bond donors (Lipinski definition) is 4. The van der Waals surface area contributed by atoms with Crippen molar-refractivity contribution >= 4 is 29.3 Å². The Morgan fingerprint density at radius 2 is 1.32 bits per heavy atom. The molecule has 4 aromatic carbocycles. The van der Waals surface area contributed by atoms with Gasteiger partial charge in [-0.2, -0.15) is 0 Å². The third-order valence-electron chi connectivity index (χ3n) is 6.30. The summed E-state index contributed by atoms with van der Waals surface area (Å²) in [5.41, 5.74) is 16.5. The number of aromatic nitrogens is 1. The number of para-hydroxylation sites is 1. The molecule has 5 rings (SSSR count). The van der Waals surface area contributed by atoms with Crippen molar-refractivity contribution in [1.82, 2.24) is 4.98 Å². The Labute approximate surface area is 246 Å². The second-order valence-corrected chi connectivity index (χ2v) is 9.41. The van der Waals surface area contributed by atoms with Gasteiger partial charge in [-0.25, -0.2) is 0 Å². The second-order valence-electron chi connectivity index (χ2n) is 9.41. The minimum absolute atomic E-state index is 0. The SMILES string of the molecule is Cl.NCCc1cc(OCc2ccccc2)cc(OCc2ccccc2)c1.N[C@@H](Cc1c[nH]c2ccccc12)C(=O)O. The van der Waals surface area contributed by atoms with Crippen LogP contribution >= 0.6 is 12.4 Å². The van der Waals surface area contributed by atoms with E-state index in [0.29, 0.717) is 26.2 Å². The summed E-state index contributed by atoms with van der Waals surface area (Å²) in [6.45, 7) is 1.66. The summed E-state index contributed by atoms with van der Waals surface area (Å²) >= 11 is 0. The number of carboxylic acid groups (broad SMARTS) is 1. The van der Waals surface area contributed by atoms with Gasteiger partial charge in [-0.3, -0.25) is 4.79 Å². The van der Waals surface area contributed by atoms with Crippen LogP contribution in [0.5, 0.6) is 11.5 Å². The van der Waals surface area contributed by atoms with Crippen LogP contribution in [0.25, 0.3) is 10.9 Å². The van der Waals surface area contributed by atoms with Crippen LogP contribution in [-0.2, 0) is 30.8 Å². The number of rotatable bonds is 11. The highest BCUT2D eigenvalue weighted by Gasteiger charge is 2.14. The first-order valence-electron chi connectivity index (χ1n) is 13.2. The van der Waals surface area contributed by atoms with Crippen LogP contribution in [0.3, 0.4) is 0 Å². The summed E-state index contributed by atoms with van der Waals surface area (Å²) < 4.78 is 11.9. The van der Waals surface area contributed by atoms with E-state index in [1.807, 2.05) is 85.1 Å². The second kappa shape index (κ2) is 16.1. The molecule has 214 valence electrons. The van der Waals surface area contributed by atoms with E-state index in [1.165, 1.54) is 0 Å². The number of benzene rings is 4. The lowest BCUT2D eigenvalue weighted by Gasteiger charge is -2.12. The summed E-state index contributed by atoms with van der Waals surface area (Å²) in [7, 11) is 0. The first kappa shape index (κ1) is 31.2. The van der Waals surface area contributed by atoms with E-state index < -0.39 is 12.0 Å². The summed E-state index contributed by atoms with van der Waals surface area (Å²) in [6.07, 6.45) is 2.96. The highest BCUT2D eigenvalue weighted by atomic mass is 35.5. The van der Waals surface area contributed by atoms with E-state index in [4.69, 9.17) is 26.0 Å². The molecular weight excluding hydrogens is 538 g/mol. The number of carbonyl (C=O) groups is 1. The molecule has 5 aromatic rings. The molecule has 0 saturated heterocycles. The van der Waals surface area contributed by atoms with Crippen LogP contribution in [0.2, 0.25) is 0 Å². The minimum Gasteiger partial charge on any atom is -0.489 e. The van der Waals surface area contributed by atoms with Crippen molar-refractivity contribution in [3.63, 3.8) is 0 Å². The average Bonchev–Trinajstić information content (AvgIpc) is 3.39. The van der Waals surface area contributed by atoms with Crippen LogP contribution < -0.4 is 20.9 Å². The number of aromatic amines is 1. The van der Waals surface area contributed by atoms with Gasteiger partial charge in [0.25, 0.3) is 0 Å². The predicted molar refractivity (Wildman–Crippen MR) is 166 cm³/mol. The summed E-state index contributed by atoms with van der Waals surface area (Å²) in [5, 5.41) is 9.75. The molecular formula is C33H36ClN3O4. The van der Waals surface area contributed by atoms with Gasteiger partial charge in [0.1, 0.15) is 30.8 Å². The highest BCUT2D eigenvalue weighted by Crippen LogP contribution is 2.25. The van der Waals surface area contributed by atoms with Gasteiger partial charge in [0, 0.05) is 29.6 Å². The van der Waals surface area contributed by atoms with Crippen LogP contribution in [-0.4, -0.2) is 28.6 Å². The lowest BCUT2D eigenvalue weighted by molar-refractivity contribution is -0.138. The number of hydrogen-bond acceptors (Lipinski definition) is 5. The first-order chi connectivity index (χ1) is 19.5. The number of halogens is 1. The van der Waals surface area contributed by atoms with Gasteiger partial charge in [-0.1, -0.05) is 78.9 Å². The Morgan fingerprint density at radius 1 is 0.780 bits per heavy atom. The number of ether oxygens (including phenoxy) is 2.